The zero-order valence-corrected chi connectivity index (χ0v) is 15.0. The van der Waals surface area contributed by atoms with E-state index in [-0.39, 0.29) is 17.6 Å². The molecule has 6 nitrogen and oxygen atoms in total. The number of rotatable bonds is 5. The van der Waals surface area contributed by atoms with E-state index in [2.05, 4.69) is 4.98 Å². The van der Waals surface area contributed by atoms with Gasteiger partial charge < -0.3 is 13.9 Å². The molecule has 4 rings (SSSR count). The SMILES string of the molecule is O=C(c1ccccc1)C1CCCN(C(=O)c2ccc(Cn3ccnc3)o2)C1. The van der Waals surface area contributed by atoms with Crippen LogP contribution in [0, 0.1) is 5.92 Å². The van der Waals surface area contributed by atoms with Crippen molar-refractivity contribution in [2.75, 3.05) is 13.1 Å². The van der Waals surface area contributed by atoms with Gasteiger partial charge in [-0.05, 0) is 25.0 Å². The topological polar surface area (TPSA) is 68.3 Å². The van der Waals surface area contributed by atoms with Gasteiger partial charge in [-0.15, -0.1) is 0 Å². The second-order valence-corrected chi connectivity index (χ2v) is 6.82. The summed E-state index contributed by atoms with van der Waals surface area (Å²) in [6.45, 7) is 1.61. The van der Waals surface area contributed by atoms with Gasteiger partial charge in [0.05, 0.1) is 12.9 Å². The third kappa shape index (κ3) is 3.84. The van der Waals surface area contributed by atoms with Crippen molar-refractivity contribution in [3.8, 4) is 0 Å². The molecule has 1 aliphatic heterocycles. The van der Waals surface area contributed by atoms with Gasteiger partial charge in [-0.1, -0.05) is 30.3 Å². The molecule has 1 unspecified atom stereocenters. The lowest BCUT2D eigenvalue weighted by Crippen LogP contribution is -2.42. The Hall–Kier alpha value is -3.15. The molecule has 0 radical (unpaired) electrons. The Labute approximate surface area is 157 Å². The lowest BCUT2D eigenvalue weighted by Gasteiger charge is -2.31. The molecule has 1 saturated heterocycles. The Morgan fingerprint density at radius 1 is 1.15 bits per heavy atom. The number of amides is 1. The van der Waals surface area contributed by atoms with E-state index >= 15 is 0 Å². The maximum atomic E-state index is 12.8. The predicted molar refractivity (Wildman–Crippen MR) is 99.4 cm³/mol. The van der Waals surface area contributed by atoms with E-state index in [9.17, 15) is 9.59 Å². The van der Waals surface area contributed by atoms with Crippen LogP contribution < -0.4 is 0 Å². The molecule has 0 spiro atoms. The van der Waals surface area contributed by atoms with Crippen molar-refractivity contribution in [2.24, 2.45) is 5.92 Å². The number of piperidine rings is 1. The number of Topliss-reactive ketones (excluding diaryl/α,β-unsaturated/α-hetero) is 1. The second kappa shape index (κ2) is 7.61. The van der Waals surface area contributed by atoms with Crippen LogP contribution in [-0.2, 0) is 6.54 Å². The van der Waals surface area contributed by atoms with Gasteiger partial charge in [0.1, 0.15) is 5.76 Å². The molecule has 6 heteroatoms. The molecule has 0 N–H and O–H groups in total. The van der Waals surface area contributed by atoms with Gasteiger partial charge >= 0.3 is 0 Å². The summed E-state index contributed by atoms with van der Waals surface area (Å²) in [4.78, 5) is 31.3. The van der Waals surface area contributed by atoms with Gasteiger partial charge in [0, 0.05) is 37.0 Å². The molecule has 0 saturated carbocycles. The summed E-state index contributed by atoms with van der Waals surface area (Å²) in [5.41, 5.74) is 0.706. The third-order valence-corrected chi connectivity index (χ3v) is 4.91. The third-order valence-electron chi connectivity index (χ3n) is 4.91. The van der Waals surface area contributed by atoms with Crippen molar-refractivity contribution in [1.82, 2.24) is 14.5 Å². The minimum absolute atomic E-state index is 0.105. The van der Waals surface area contributed by atoms with Gasteiger partial charge in [-0.2, -0.15) is 0 Å². The zero-order chi connectivity index (χ0) is 18.6. The molecule has 1 aromatic carbocycles. The molecule has 1 aliphatic rings. The van der Waals surface area contributed by atoms with Crippen molar-refractivity contribution in [3.63, 3.8) is 0 Å². The zero-order valence-electron chi connectivity index (χ0n) is 15.0. The van der Waals surface area contributed by atoms with Gasteiger partial charge in [-0.25, -0.2) is 4.98 Å². The van der Waals surface area contributed by atoms with Crippen LogP contribution in [0.15, 0.2) is 65.6 Å². The highest BCUT2D eigenvalue weighted by molar-refractivity contribution is 5.99. The fourth-order valence-electron chi connectivity index (χ4n) is 3.51. The highest BCUT2D eigenvalue weighted by Crippen LogP contribution is 2.23. The molecule has 27 heavy (non-hydrogen) atoms. The number of carbonyl (C=O) groups excluding carboxylic acids is 2. The normalized spacial score (nSPS) is 17.0. The van der Waals surface area contributed by atoms with Crippen LogP contribution >= 0.6 is 0 Å². The molecular formula is C21H21N3O3. The van der Waals surface area contributed by atoms with E-state index in [1.54, 1.807) is 23.5 Å². The van der Waals surface area contributed by atoms with E-state index in [0.717, 1.165) is 12.8 Å². The summed E-state index contributed by atoms with van der Waals surface area (Å²) in [5.74, 6) is 0.805. The number of carbonyl (C=O) groups is 2. The van der Waals surface area contributed by atoms with Crippen LogP contribution in [0.25, 0.3) is 0 Å². The maximum absolute atomic E-state index is 12.8. The summed E-state index contributed by atoms with van der Waals surface area (Å²) in [5, 5.41) is 0. The second-order valence-electron chi connectivity index (χ2n) is 6.82. The molecule has 2 aromatic heterocycles. The molecule has 138 valence electrons. The van der Waals surface area contributed by atoms with Gasteiger partial charge in [0.25, 0.3) is 5.91 Å². The molecule has 1 amide bonds. The average molecular weight is 363 g/mol. The van der Waals surface area contributed by atoms with E-state index < -0.39 is 0 Å². The van der Waals surface area contributed by atoms with Crippen molar-refractivity contribution >= 4 is 11.7 Å². The molecule has 0 bridgehead atoms. The summed E-state index contributed by atoms with van der Waals surface area (Å²) < 4.78 is 7.61. The van der Waals surface area contributed by atoms with Crippen LogP contribution in [0.3, 0.4) is 0 Å². The Kier molecular flexibility index (Phi) is 4.87. The van der Waals surface area contributed by atoms with Crippen LogP contribution in [0.4, 0.5) is 0 Å². The number of hydrogen-bond donors (Lipinski definition) is 0. The highest BCUT2D eigenvalue weighted by Gasteiger charge is 2.30. The minimum Gasteiger partial charge on any atom is -0.454 e. The van der Waals surface area contributed by atoms with Crippen molar-refractivity contribution < 1.29 is 14.0 Å². The Bertz CT molecular complexity index is 915. The fraction of sp³-hybridized carbons (Fsp3) is 0.286. The molecule has 3 aromatic rings. The first-order chi connectivity index (χ1) is 13.2. The predicted octanol–water partition coefficient (Wildman–Crippen LogP) is 3.26. The molecule has 3 heterocycles. The Balaban J connectivity index is 1.43. The molecule has 0 aliphatic carbocycles. The van der Waals surface area contributed by atoms with E-state index in [1.807, 2.05) is 47.2 Å². The van der Waals surface area contributed by atoms with Crippen LogP contribution in [0.5, 0.6) is 0 Å². The molecule has 1 atom stereocenters. The van der Waals surface area contributed by atoms with Crippen molar-refractivity contribution in [3.05, 3.63) is 78.3 Å². The number of imidazole rings is 1. The minimum atomic E-state index is -0.162. The fourth-order valence-corrected chi connectivity index (χ4v) is 3.51. The lowest BCUT2D eigenvalue weighted by molar-refractivity contribution is 0.0609. The number of hydrogen-bond acceptors (Lipinski definition) is 4. The number of furan rings is 1. The Morgan fingerprint density at radius 3 is 2.78 bits per heavy atom. The Morgan fingerprint density at radius 2 is 2.00 bits per heavy atom. The number of benzene rings is 1. The van der Waals surface area contributed by atoms with Crippen molar-refractivity contribution in [2.45, 2.75) is 19.4 Å². The van der Waals surface area contributed by atoms with Crippen LogP contribution in [0.2, 0.25) is 0 Å². The first-order valence-electron chi connectivity index (χ1n) is 9.14. The first kappa shape index (κ1) is 17.3. The standard InChI is InChI=1S/C21H21N3O3/c25-20(16-5-2-1-3-6-16)17-7-4-11-24(13-17)21(26)19-9-8-18(27-19)14-23-12-10-22-15-23/h1-3,5-6,8-10,12,15,17H,4,7,11,13-14H2. The summed E-state index contributed by atoms with van der Waals surface area (Å²) in [6, 6.07) is 12.8. The highest BCUT2D eigenvalue weighted by atomic mass is 16.4. The van der Waals surface area contributed by atoms with E-state index in [4.69, 9.17) is 4.42 Å². The van der Waals surface area contributed by atoms with Crippen LogP contribution in [-0.4, -0.2) is 39.2 Å². The summed E-state index contributed by atoms with van der Waals surface area (Å²) in [6.07, 6.45) is 6.87. The van der Waals surface area contributed by atoms with Gasteiger partial charge in [0.2, 0.25) is 0 Å². The van der Waals surface area contributed by atoms with E-state index in [1.165, 1.54) is 0 Å². The largest absolute Gasteiger partial charge is 0.454 e. The van der Waals surface area contributed by atoms with Crippen LogP contribution in [0.1, 0.15) is 39.5 Å². The number of ketones is 1. The van der Waals surface area contributed by atoms with Crippen molar-refractivity contribution in [1.29, 1.82) is 0 Å². The van der Waals surface area contributed by atoms with E-state index in [0.29, 0.717) is 36.7 Å². The summed E-state index contributed by atoms with van der Waals surface area (Å²) in [7, 11) is 0. The maximum Gasteiger partial charge on any atom is 0.289 e. The first-order valence-corrected chi connectivity index (χ1v) is 9.14. The number of aromatic nitrogens is 2. The monoisotopic (exact) mass is 363 g/mol. The lowest BCUT2D eigenvalue weighted by atomic mass is 9.90. The molecule has 1 fully saturated rings. The van der Waals surface area contributed by atoms with Gasteiger partial charge in [-0.3, -0.25) is 9.59 Å². The number of likely N-dealkylation sites (tertiary alicyclic amines) is 1. The average Bonchev–Trinajstić information content (AvgIpc) is 3.40. The quantitative estimate of drug-likeness (QED) is 0.653. The smallest absolute Gasteiger partial charge is 0.289 e. The summed E-state index contributed by atoms with van der Waals surface area (Å²) >= 11 is 0. The molecular weight excluding hydrogens is 342 g/mol. The van der Waals surface area contributed by atoms with Gasteiger partial charge in [0.15, 0.2) is 11.5 Å². The number of nitrogens with zero attached hydrogens (tertiary/aromatic N) is 3.